The molecule has 5 nitrogen and oxygen atoms in total. The molecule has 1 aromatic carbocycles. The third kappa shape index (κ3) is 4.51. The first-order valence-electron chi connectivity index (χ1n) is 7.90. The van der Waals surface area contributed by atoms with Gasteiger partial charge in [-0.3, -0.25) is 14.5 Å². The molecule has 0 aliphatic carbocycles. The second-order valence-electron chi connectivity index (χ2n) is 6.17. The number of carboxylic acid groups (broad SMARTS) is 1. The molecule has 1 fully saturated rings. The molecule has 0 bridgehead atoms. The monoisotopic (exact) mass is 322 g/mol. The number of carbonyl (C=O) groups is 2. The lowest BCUT2D eigenvalue weighted by atomic mass is 10.0. The number of nitrogens with zero attached hydrogens (tertiary/aromatic N) is 1. The predicted octanol–water partition coefficient (Wildman–Crippen LogP) is 2.19. The molecule has 0 aromatic heterocycles. The molecular weight excluding hydrogens is 299 g/mol. The summed E-state index contributed by atoms with van der Waals surface area (Å²) in [6.45, 7) is 4.93. The zero-order valence-corrected chi connectivity index (χ0v) is 13.5. The summed E-state index contributed by atoms with van der Waals surface area (Å²) in [6.07, 6.45) is 1.83. The molecule has 1 amide bonds. The molecule has 1 aromatic rings. The van der Waals surface area contributed by atoms with Gasteiger partial charge >= 0.3 is 5.97 Å². The van der Waals surface area contributed by atoms with Gasteiger partial charge in [-0.1, -0.05) is 6.07 Å². The molecule has 1 heterocycles. The Morgan fingerprint density at radius 3 is 2.91 bits per heavy atom. The van der Waals surface area contributed by atoms with Crippen molar-refractivity contribution in [3.63, 3.8) is 0 Å². The first-order chi connectivity index (χ1) is 10.9. The van der Waals surface area contributed by atoms with Crippen LogP contribution in [0, 0.1) is 12.7 Å². The Morgan fingerprint density at radius 1 is 1.48 bits per heavy atom. The average molecular weight is 322 g/mol. The third-order valence-corrected chi connectivity index (χ3v) is 4.39. The van der Waals surface area contributed by atoms with Crippen LogP contribution in [0.2, 0.25) is 0 Å². The summed E-state index contributed by atoms with van der Waals surface area (Å²) in [4.78, 5) is 25.3. The van der Waals surface area contributed by atoms with Crippen LogP contribution >= 0.6 is 0 Å². The van der Waals surface area contributed by atoms with Crippen LogP contribution in [0.15, 0.2) is 18.2 Å². The van der Waals surface area contributed by atoms with Gasteiger partial charge in [0.05, 0.1) is 6.42 Å². The highest BCUT2D eigenvalue weighted by molar-refractivity contribution is 5.95. The number of nitrogens with one attached hydrogen (secondary N) is 1. The first kappa shape index (κ1) is 17.4. The number of halogens is 1. The van der Waals surface area contributed by atoms with Gasteiger partial charge in [0.15, 0.2) is 0 Å². The van der Waals surface area contributed by atoms with Gasteiger partial charge in [-0.15, -0.1) is 0 Å². The molecule has 6 heteroatoms. The smallest absolute Gasteiger partial charge is 0.304 e. The SMILES string of the molecule is Cc1c(F)cccc1C(=O)NC1CCCN(C(C)CC(=O)O)C1. The molecule has 2 atom stereocenters. The van der Waals surface area contributed by atoms with E-state index in [1.165, 1.54) is 12.1 Å². The van der Waals surface area contributed by atoms with Crippen molar-refractivity contribution >= 4 is 11.9 Å². The van der Waals surface area contributed by atoms with Crippen molar-refractivity contribution in [2.45, 2.75) is 45.2 Å². The van der Waals surface area contributed by atoms with Crippen LogP contribution in [0.1, 0.15) is 42.1 Å². The lowest BCUT2D eigenvalue weighted by Crippen LogP contribution is -2.50. The van der Waals surface area contributed by atoms with E-state index in [4.69, 9.17) is 5.11 Å². The van der Waals surface area contributed by atoms with E-state index in [1.54, 1.807) is 13.0 Å². The van der Waals surface area contributed by atoms with E-state index in [2.05, 4.69) is 10.2 Å². The normalized spacial score (nSPS) is 20.0. The van der Waals surface area contributed by atoms with Crippen LogP contribution in [0.3, 0.4) is 0 Å². The van der Waals surface area contributed by atoms with Gasteiger partial charge in [0.1, 0.15) is 5.82 Å². The number of likely N-dealkylation sites (tertiary alicyclic amines) is 1. The first-order valence-corrected chi connectivity index (χ1v) is 7.90. The van der Waals surface area contributed by atoms with Crippen LogP contribution in [0.4, 0.5) is 4.39 Å². The second-order valence-corrected chi connectivity index (χ2v) is 6.17. The molecule has 1 aliphatic rings. The van der Waals surface area contributed by atoms with Gasteiger partial charge in [0, 0.05) is 24.2 Å². The Morgan fingerprint density at radius 2 is 2.22 bits per heavy atom. The Bertz CT molecular complexity index is 591. The summed E-state index contributed by atoms with van der Waals surface area (Å²) in [5.74, 6) is -1.49. The zero-order chi connectivity index (χ0) is 17.0. The van der Waals surface area contributed by atoms with E-state index in [-0.39, 0.29) is 24.4 Å². The molecule has 1 saturated heterocycles. The van der Waals surface area contributed by atoms with E-state index < -0.39 is 11.8 Å². The van der Waals surface area contributed by atoms with E-state index in [0.29, 0.717) is 17.7 Å². The summed E-state index contributed by atoms with van der Waals surface area (Å²) < 4.78 is 13.6. The number of hydrogen-bond donors (Lipinski definition) is 2. The number of amides is 1. The van der Waals surface area contributed by atoms with Crippen LogP contribution in [-0.4, -0.2) is 47.1 Å². The minimum Gasteiger partial charge on any atom is -0.481 e. The Balaban J connectivity index is 1.98. The molecule has 0 radical (unpaired) electrons. The molecular formula is C17H23FN2O3. The molecule has 1 aliphatic heterocycles. The minimum absolute atomic E-state index is 0.0461. The van der Waals surface area contributed by atoms with Crippen LogP contribution in [0.5, 0.6) is 0 Å². The second kappa shape index (κ2) is 7.55. The average Bonchev–Trinajstić information content (AvgIpc) is 2.49. The molecule has 2 N–H and O–H groups in total. The number of carbonyl (C=O) groups excluding carboxylic acids is 1. The van der Waals surface area contributed by atoms with Crippen LogP contribution in [0.25, 0.3) is 0 Å². The molecule has 0 saturated carbocycles. The Hall–Kier alpha value is -1.95. The number of aliphatic carboxylic acids is 1. The maximum absolute atomic E-state index is 13.6. The van der Waals surface area contributed by atoms with Gasteiger partial charge in [-0.05, 0) is 50.9 Å². The molecule has 126 valence electrons. The zero-order valence-electron chi connectivity index (χ0n) is 13.5. The van der Waals surface area contributed by atoms with Crippen molar-refractivity contribution in [2.24, 2.45) is 0 Å². The highest BCUT2D eigenvalue weighted by atomic mass is 19.1. The minimum atomic E-state index is -0.820. The topological polar surface area (TPSA) is 69.6 Å². The summed E-state index contributed by atoms with van der Waals surface area (Å²) in [7, 11) is 0. The van der Waals surface area contributed by atoms with Gasteiger partial charge in [-0.25, -0.2) is 4.39 Å². The van der Waals surface area contributed by atoms with Crippen molar-refractivity contribution < 1.29 is 19.1 Å². The Kier molecular flexibility index (Phi) is 5.71. The van der Waals surface area contributed by atoms with Crippen molar-refractivity contribution in [2.75, 3.05) is 13.1 Å². The summed E-state index contributed by atoms with van der Waals surface area (Å²) >= 11 is 0. The lowest BCUT2D eigenvalue weighted by Gasteiger charge is -2.36. The number of hydrogen-bond acceptors (Lipinski definition) is 3. The fourth-order valence-corrected chi connectivity index (χ4v) is 3.02. The number of carboxylic acids is 1. The summed E-state index contributed by atoms with van der Waals surface area (Å²) in [5, 5.41) is 11.8. The molecule has 2 unspecified atom stereocenters. The highest BCUT2D eigenvalue weighted by Gasteiger charge is 2.26. The molecule has 2 rings (SSSR count). The van der Waals surface area contributed by atoms with Gasteiger partial charge in [-0.2, -0.15) is 0 Å². The van der Waals surface area contributed by atoms with E-state index >= 15 is 0 Å². The number of piperidine rings is 1. The van der Waals surface area contributed by atoms with Gasteiger partial charge < -0.3 is 10.4 Å². The lowest BCUT2D eigenvalue weighted by molar-refractivity contribution is -0.138. The van der Waals surface area contributed by atoms with Gasteiger partial charge in [0.25, 0.3) is 5.91 Å². The molecule has 0 spiro atoms. The maximum atomic E-state index is 13.6. The van der Waals surface area contributed by atoms with Gasteiger partial charge in [0.2, 0.25) is 0 Å². The summed E-state index contributed by atoms with van der Waals surface area (Å²) in [5.41, 5.74) is 0.692. The number of rotatable bonds is 5. The Labute approximate surface area is 135 Å². The van der Waals surface area contributed by atoms with E-state index in [9.17, 15) is 14.0 Å². The maximum Gasteiger partial charge on any atom is 0.304 e. The third-order valence-electron chi connectivity index (χ3n) is 4.39. The van der Waals surface area contributed by atoms with E-state index in [1.807, 2.05) is 6.92 Å². The number of benzene rings is 1. The van der Waals surface area contributed by atoms with E-state index in [0.717, 1.165) is 19.4 Å². The fraction of sp³-hybridized carbons (Fsp3) is 0.529. The van der Waals surface area contributed by atoms with Crippen molar-refractivity contribution in [1.82, 2.24) is 10.2 Å². The predicted molar refractivity (Wildman–Crippen MR) is 84.9 cm³/mol. The summed E-state index contributed by atoms with van der Waals surface area (Å²) in [6, 6.07) is 4.36. The fourth-order valence-electron chi connectivity index (χ4n) is 3.02. The van der Waals surface area contributed by atoms with Crippen molar-refractivity contribution in [1.29, 1.82) is 0 Å². The standard InChI is InChI=1S/C17H23FN2O3/c1-11(9-16(21)22)20-8-4-5-13(10-20)19-17(23)14-6-3-7-15(18)12(14)2/h3,6-7,11,13H,4-5,8-10H2,1-2H3,(H,19,23)(H,21,22). The van der Waals surface area contributed by atoms with Crippen molar-refractivity contribution in [3.05, 3.63) is 35.1 Å². The highest BCUT2D eigenvalue weighted by Crippen LogP contribution is 2.17. The van der Waals surface area contributed by atoms with Crippen molar-refractivity contribution in [3.8, 4) is 0 Å². The van der Waals surface area contributed by atoms with Crippen LogP contribution < -0.4 is 5.32 Å². The largest absolute Gasteiger partial charge is 0.481 e. The van der Waals surface area contributed by atoms with Crippen LogP contribution in [-0.2, 0) is 4.79 Å². The quantitative estimate of drug-likeness (QED) is 0.872. The molecule has 23 heavy (non-hydrogen) atoms.